The summed E-state index contributed by atoms with van der Waals surface area (Å²) in [6.07, 6.45) is -2.26. The van der Waals surface area contributed by atoms with Gasteiger partial charge in [-0.1, -0.05) is 6.92 Å². The molecule has 1 aromatic heterocycles. The molecule has 1 aromatic rings. The third kappa shape index (κ3) is 5.20. The lowest BCUT2D eigenvalue weighted by molar-refractivity contribution is -0.00372. The number of aliphatic hydroxyl groups excluding tert-OH is 1. The summed E-state index contributed by atoms with van der Waals surface area (Å²) in [5, 5.41) is 13.7. The third-order valence-electron chi connectivity index (χ3n) is 2.42. The highest BCUT2D eigenvalue weighted by Gasteiger charge is 2.20. The summed E-state index contributed by atoms with van der Waals surface area (Å²) in [6.45, 7) is 5.65. The van der Waals surface area contributed by atoms with Gasteiger partial charge in [-0.05, 0) is 20.3 Å². The second-order valence-corrected chi connectivity index (χ2v) is 4.65. The third-order valence-corrected chi connectivity index (χ3v) is 2.42. The summed E-state index contributed by atoms with van der Waals surface area (Å²) in [5.41, 5.74) is 0. The highest BCUT2D eigenvalue weighted by Crippen LogP contribution is 2.17. The van der Waals surface area contributed by atoms with E-state index in [9.17, 15) is 13.9 Å². The van der Waals surface area contributed by atoms with E-state index >= 15 is 0 Å². The molecule has 5 nitrogen and oxygen atoms in total. The van der Waals surface area contributed by atoms with Crippen LogP contribution < -0.4 is 0 Å². The molecule has 0 fully saturated rings. The van der Waals surface area contributed by atoms with Gasteiger partial charge in [-0.15, -0.1) is 0 Å². The summed E-state index contributed by atoms with van der Waals surface area (Å²) in [4.78, 5) is 3.80. The van der Waals surface area contributed by atoms with E-state index in [-0.39, 0.29) is 19.3 Å². The van der Waals surface area contributed by atoms with E-state index in [1.807, 2.05) is 20.8 Å². The van der Waals surface area contributed by atoms with Crippen LogP contribution in [0, 0.1) is 0 Å². The zero-order valence-electron chi connectivity index (χ0n) is 11.5. The molecule has 0 spiro atoms. The van der Waals surface area contributed by atoms with E-state index in [2.05, 4.69) is 10.1 Å². The van der Waals surface area contributed by atoms with E-state index in [4.69, 9.17) is 4.74 Å². The first-order valence-corrected chi connectivity index (χ1v) is 6.45. The molecule has 110 valence electrons. The average molecular weight is 277 g/mol. The van der Waals surface area contributed by atoms with E-state index in [1.54, 1.807) is 0 Å². The van der Waals surface area contributed by atoms with E-state index < -0.39 is 18.4 Å². The van der Waals surface area contributed by atoms with Gasteiger partial charge in [0.1, 0.15) is 0 Å². The number of aliphatic hydroxyl groups is 1. The first-order chi connectivity index (χ1) is 8.93. The molecule has 0 saturated carbocycles. The minimum absolute atomic E-state index is 0.0179. The van der Waals surface area contributed by atoms with Crippen LogP contribution in [0.5, 0.6) is 0 Å². The summed E-state index contributed by atoms with van der Waals surface area (Å²) in [5.74, 6) is -0.0122. The number of alkyl halides is 2. The van der Waals surface area contributed by atoms with Gasteiger partial charge in [-0.3, -0.25) is 0 Å². The lowest BCUT2D eigenvalue weighted by Crippen LogP contribution is -2.25. The standard InChI is InChI=1S/C12H21F2N3O2/c1-4-5-10-15-12(11(13)14)17(16-10)6-9(18)7-19-8(2)3/h8-9,11,18H,4-7H2,1-3H3/t9-/m0/s1. The van der Waals surface area contributed by atoms with E-state index in [0.717, 1.165) is 11.1 Å². The van der Waals surface area contributed by atoms with Crippen molar-refractivity contribution in [3.8, 4) is 0 Å². The zero-order valence-corrected chi connectivity index (χ0v) is 11.5. The van der Waals surface area contributed by atoms with Gasteiger partial charge in [0.15, 0.2) is 11.6 Å². The van der Waals surface area contributed by atoms with Crippen LogP contribution in [0.25, 0.3) is 0 Å². The Kier molecular flexibility index (Phi) is 6.30. The summed E-state index contributed by atoms with van der Waals surface area (Å²) < 4.78 is 31.9. The Labute approximate surface area is 111 Å². The van der Waals surface area contributed by atoms with Crippen LogP contribution in [0.1, 0.15) is 45.3 Å². The van der Waals surface area contributed by atoms with Crippen LogP contribution >= 0.6 is 0 Å². The number of nitrogens with zero attached hydrogens (tertiary/aromatic N) is 3. The lowest BCUT2D eigenvalue weighted by Gasteiger charge is -2.14. The molecule has 0 radical (unpaired) electrons. The number of halogens is 2. The fraction of sp³-hybridized carbons (Fsp3) is 0.833. The van der Waals surface area contributed by atoms with Crippen molar-refractivity contribution in [1.82, 2.24) is 14.8 Å². The fourth-order valence-electron chi connectivity index (χ4n) is 1.58. The number of hydrogen-bond acceptors (Lipinski definition) is 4. The zero-order chi connectivity index (χ0) is 14.4. The summed E-state index contributed by atoms with van der Waals surface area (Å²) in [6, 6.07) is 0. The van der Waals surface area contributed by atoms with Crippen LogP contribution in [-0.4, -0.2) is 38.7 Å². The Morgan fingerprint density at radius 3 is 2.58 bits per heavy atom. The van der Waals surface area contributed by atoms with Crippen LogP contribution in [0.3, 0.4) is 0 Å². The van der Waals surface area contributed by atoms with Gasteiger partial charge in [-0.2, -0.15) is 5.10 Å². The molecule has 7 heteroatoms. The van der Waals surface area contributed by atoms with Crippen molar-refractivity contribution < 1.29 is 18.6 Å². The van der Waals surface area contributed by atoms with E-state index in [0.29, 0.717) is 12.2 Å². The molecular weight excluding hydrogens is 256 g/mol. The second-order valence-electron chi connectivity index (χ2n) is 4.65. The molecule has 0 amide bonds. The van der Waals surface area contributed by atoms with Gasteiger partial charge < -0.3 is 9.84 Å². The second kappa shape index (κ2) is 7.49. The summed E-state index contributed by atoms with van der Waals surface area (Å²) in [7, 11) is 0. The Hall–Kier alpha value is -1.08. The van der Waals surface area contributed by atoms with Gasteiger partial charge in [-0.25, -0.2) is 18.4 Å². The molecule has 0 bridgehead atoms. The number of aromatic nitrogens is 3. The molecule has 0 aliphatic rings. The van der Waals surface area contributed by atoms with Crippen LogP contribution in [0.4, 0.5) is 8.78 Å². The Balaban J connectivity index is 2.69. The number of hydrogen-bond donors (Lipinski definition) is 1. The Morgan fingerprint density at radius 1 is 1.37 bits per heavy atom. The van der Waals surface area contributed by atoms with E-state index in [1.165, 1.54) is 0 Å². The molecule has 0 unspecified atom stereocenters. The first-order valence-electron chi connectivity index (χ1n) is 6.45. The van der Waals surface area contributed by atoms with Crippen LogP contribution in [0.2, 0.25) is 0 Å². The Morgan fingerprint density at radius 2 is 2.05 bits per heavy atom. The van der Waals surface area contributed by atoms with Crippen molar-refractivity contribution in [3.05, 3.63) is 11.6 Å². The summed E-state index contributed by atoms with van der Waals surface area (Å²) >= 11 is 0. The quantitative estimate of drug-likeness (QED) is 0.789. The number of aryl methyl sites for hydroxylation is 1. The molecule has 1 heterocycles. The Bertz CT molecular complexity index is 383. The molecular formula is C12H21F2N3O2. The molecule has 1 rings (SSSR count). The molecule has 0 saturated heterocycles. The normalized spacial score (nSPS) is 13.5. The highest BCUT2D eigenvalue weighted by molar-refractivity contribution is 4.95. The molecule has 0 aromatic carbocycles. The molecule has 19 heavy (non-hydrogen) atoms. The maximum absolute atomic E-state index is 12.8. The number of ether oxygens (including phenoxy) is 1. The maximum atomic E-state index is 12.8. The fourth-order valence-corrected chi connectivity index (χ4v) is 1.58. The minimum atomic E-state index is -2.70. The maximum Gasteiger partial charge on any atom is 0.297 e. The molecule has 0 aliphatic heterocycles. The first kappa shape index (κ1) is 16.0. The minimum Gasteiger partial charge on any atom is -0.389 e. The predicted octanol–water partition coefficient (Wildman–Crippen LogP) is 1.95. The number of rotatable bonds is 8. The van der Waals surface area contributed by atoms with Gasteiger partial charge >= 0.3 is 0 Å². The SMILES string of the molecule is CCCc1nc(C(F)F)n(C[C@H](O)COC(C)C)n1. The largest absolute Gasteiger partial charge is 0.389 e. The molecule has 1 N–H and O–H groups in total. The van der Waals surface area contributed by atoms with Gasteiger partial charge in [0, 0.05) is 6.42 Å². The van der Waals surface area contributed by atoms with Crippen molar-refractivity contribution in [2.45, 2.75) is 58.8 Å². The van der Waals surface area contributed by atoms with Gasteiger partial charge in [0.05, 0.1) is 25.4 Å². The lowest BCUT2D eigenvalue weighted by atomic mass is 10.3. The molecule has 1 atom stereocenters. The van der Waals surface area contributed by atoms with Crippen molar-refractivity contribution in [1.29, 1.82) is 0 Å². The predicted molar refractivity (Wildman–Crippen MR) is 66.1 cm³/mol. The van der Waals surface area contributed by atoms with Crippen molar-refractivity contribution in [2.75, 3.05) is 6.61 Å². The van der Waals surface area contributed by atoms with Crippen LogP contribution in [0.15, 0.2) is 0 Å². The van der Waals surface area contributed by atoms with Crippen molar-refractivity contribution in [2.24, 2.45) is 0 Å². The van der Waals surface area contributed by atoms with Gasteiger partial charge in [0.2, 0.25) is 0 Å². The molecule has 0 aliphatic carbocycles. The van der Waals surface area contributed by atoms with Crippen molar-refractivity contribution in [3.63, 3.8) is 0 Å². The van der Waals surface area contributed by atoms with Crippen molar-refractivity contribution >= 4 is 0 Å². The topological polar surface area (TPSA) is 60.2 Å². The van der Waals surface area contributed by atoms with Crippen LogP contribution in [-0.2, 0) is 17.7 Å². The highest BCUT2D eigenvalue weighted by atomic mass is 19.3. The average Bonchev–Trinajstić information content (AvgIpc) is 2.70. The smallest absolute Gasteiger partial charge is 0.297 e. The van der Waals surface area contributed by atoms with Gasteiger partial charge in [0.25, 0.3) is 6.43 Å². The monoisotopic (exact) mass is 277 g/mol.